The molecule has 0 saturated carbocycles. The Bertz CT molecular complexity index is 1130. The van der Waals surface area contributed by atoms with Crippen molar-refractivity contribution in [1.82, 2.24) is 10.2 Å². The Morgan fingerprint density at radius 2 is 2.12 bits per heavy atom. The molecule has 0 aliphatic carbocycles. The minimum absolute atomic E-state index is 0.153. The first-order valence-electron chi connectivity index (χ1n) is 11.1. The van der Waals surface area contributed by atoms with Crippen LogP contribution in [0.1, 0.15) is 52.0 Å². The van der Waals surface area contributed by atoms with Crippen molar-refractivity contribution >= 4 is 40.8 Å². The zero-order chi connectivity index (χ0) is 25.1. The molecule has 2 aromatic rings. The van der Waals surface area contributed by atoms with Crippen LogP contribution in [0, 0.1) is 11.3 Å². The minimum atomic E-state index is 0.153. The van der Waals surface area contributed by atoms with E-state index in [1.807, 2.05) is 44.2 Å². The smallest absolute Gasteiger partial charge is 0.320 e. The summed E-state index contributed by atoms with van der Waals surface area (Å²) in [5.41, 5.74) is 8.70. The Labute approximate surface area is 206 Å². The number of anilines is 3. The van der Waals surface area contributed by atoms with E-state index in [0.29, 0.717) is 45.1 Å². The second-order valence-corrected chi connectivity index (χ2v) is 7.91. The summed E-state index contributed by atoms with van der Waals surface area (Å²) in [6, 6.07) is 3.49. The summed E-state index contributed by atoms with van der Waals surface area (Å²) in [6.45, 7) is 12.3. The van der Waals surface area contributed by atoms with Crippen LogP contribution in [0.2, 0.25) is 5.02 Å². The first kappa shape index (κ1) is 26.7. The lowest BCUT2D eigenvalue weighted by Gasteiger charge is -2.09. The molecule has 1 heterocycles. The largest absolute Gasteiger partial charge is 0.465 e. The summed E-state index contributed by atoms with van der Waals surface area (Å²) in [5.74, 6) is 1.26. The van der Waals surface area contributed by atoms with Crippen molar-refractivity contribution in [2.45, 2.75) is 40.5 Å². The molecule has 7 nitrogen and oxygen atoms in total. The predicted molar refractivity (Wildman–Crippen MR) is 141 cm³/mol. The molecule has 0 bridgehead atoms. The van der Waals surface area contributed by atoms with Crippen molar-refractivity contribution in [3.8, 4) is 0 Å². The highest BCUT2D eigenvalue weighted by Gasteiger charge is 2.14. The molecule has 180 valence electrons. The maximum Gasteiger partial charge on any atom is 0.320 e. The van der Waals surface area contributed by atoms with Gasteiger partial charge in [0.05, 0.1) is 17.0 Å². The monoisotopic (exact) mass is 481 g/mol. The maximum atomic E-state index is 7.50. The van der Waals surface area contributed by atoms with Gasteiger partial charge >= 0.3 is 6.01 Å². The molecule has 1 atom stereocenters. The SMILES string of the molecule is C=C(O/C=C\C(C)CC)C(=C\CC)/C=C(\C=C/C)c1nnc(Nc2ccc(N)c(C=N)c2Cl)o1. The fourth-order valence-electron chi connectivity index (χ4n) is 2.82. The summed E-state index contributed by atoms with van der Waals surface area (Å²) in [4.78, 5) is 0. The van der Waals surface area contributed by atoms with Crippen molar-refractivity contribution < 1.29 is 9.15 Å². The van der Waals surface area contributed by atoms with Gasteiger partial charge in [-0.2, -0.15) is 0 Å². The Kier molecular flexibility index (Phi) is 10.4. The summed E-state index contributed by atoms with van der Waals surface area (Å²) >= 11 is 6.35. The number of rotatable bonds is 12. The summed E-state index contributed by atoms with van der Waals surface area (Å²) in [5, 5.41) is 19.0. The Morgan fingerprint density at radius 1 is 1.35 bits per heavy atom. The summed E-state index contributed by atoms with van der Waals surface area (Å²) in [7, 11) is 0. The number of benzene rings is 1. The number of hydrogen-bond donors (Lipinski definition) is 3. The lowest BCUT2D eigenvalue weighted by molar-refractivity contribution is 0.361. The van der Waals surface area contributed by atoms with Gasteiger partial charge in [0, 0.05) is 28.6 Å². The number of nitrogen functional groups attached to an aromatic ring is 1. The number of nitrogens with two attached hydrogens (primary N) is 1. The minimum Gasteiger partial charge on any atom is -0.465 e. The fraction of sp³-hybridized carbons (Fsp3) is 0.269. The van der Waals surface area contributed by atoms with Gasteiger partial charge in [-0.1, -0.05) is 62.3 Å². The van der Waals surface area contributed by atoms with Crippen LogP contribution in [0.15, 0.2) is 71.1 Å². The summed E-state index contributed by atoms with van der Waals surface area (Å²) in [6.07, 6.45) is 14.3. The van der Waals surface area contributed by atoms with Crippen LogP contribution < -0.4 is 11.1 Å². The van der Waals surface area contributed by atoms with E-state index in [9.17, 15) is 0 Å². The third-order valence-electron chi connectivity index (χ3n) is 4.94. The molecular formula is C26H32ClN5O2. The van der Waals surface area contributed by atoms with E-state index in [2.05, 4.69) is 35.9 Å². The van der Waals surface area contributed by atoms with Crippen molar-refractivity contribution in [2.24, 2.45) is 5.92 Å². The van der Waals surface area contributed by atoms with E-state index in [4.69, 9.17) is 31.9 Å². The van der Waals surface area contributed by atoms with Gasteiger partial charge in [-0.3, -0.25) is 0 Å². The average molecular weight is 482 g/mol. The molecule has 0 radical (unpaired) electrons. The number of nitrogens with one attached hydrogen (secondary N) is 2. The quantitative estimate of drug-likeness (QED) is 0.126. The molecule has 2 rings (SSSR count). The van der Waals surface area contributed by atoms with Crippen molar-refractivity contribution in [1.29, 1.82) is 5.41 Å². The van der Waals surface area contributed by atoms with Gasteiger partial charge in [-0.15, -0.1) is 5.10 Å². The third-order valence-corrected chi connectivity index (χ3v) is 5.34. The lowest BCUT2D eigenvalue weighted by Crippen LogP contribution is -1.98. The topological polar surface area (TPSA) is 110 Å². The first-order valence-corrected chi connectivity index (χ1v) is 11.5. The van der Waals surface area contributed by atoms with Crippen LogP contribution in [0.3, 0.4) is 0 Å². The number of nitrogens with zero attached hydrogens (tertiary/aromatic N) is 2. The number of hydrogen-bond acceptors (Lipinski definition) is 7. The molecule has 0 aliphatic heterocycles. The van der Waals surface area contributed by atoms with E-state index in [1.165, 1.54) is 0 Å². The standard InChI is InChI=1S/C26H32ClN5O2/c1-6-9-19(18(5)33-14-13-17(4)8-3)15-20(10-7-2)25-31-32-26(34-25)30-23-12-11-22(29)21(16-28)24(23)27/h7,9-17,28H,5-6,8,29H2,1-4H3,(H,30,32)/b10-7-,14-13-,19-9-,20-15+,28-16?. The Hall–Kier alpha value is -3.58. The molecule has 0 aliphatic rings. The van der Waals surface area contributed by atoms with E-state index in [0.717, 1.165) is 24.6 Å². The van der Waals surface area contributed by atoms with Gasteiger partial charge in [0.25, 0.3) is 0 Å². The molecule has 0 fully saturated rings. The molecule has 0 amide bonds. The van der Waals surface area contributed by atoms with Crippen LogP contribution in [0.25, 0.3) is 5.57 Å². The molecule has 1 aromatic heterocycles. The molecule has 8 heteroatoms. The molecular weight excluding hydrogens is 450 g/mol. The van der Waals surface area contributed by atoms with Crippen molar-refractivity contribution in [3.05, 3.63) is 83.2 Å². The number of halogens is 1. The van der Waals surface area contributed by atoms with Crippen LogP contribution in [-0.4, -0.2) is 16.4 Å². The summed E-state index contributed by atoms with van der Waals surface area (Å²) < 4.78 is 11.6. The molecule has 1 aromatic carbocycles. The Balaban J connectivity index is 2.31. The molecule has 1 unspecified atom stereocenters. The highest BCUT2D eigenvalue weighted by Crippen LogP contribution is 2.31. The molecule has 0 saturated heterocycles. The lowest BCUT2D eigenvalue weighted by atomic mass is 10.1. The van der Waals surface area contributed by atoms with E-state index in [-0.39, 0.29) is 6.01 Å². The van der Waals surface area contributed by atoms with Gasteiger partial charge in [-0.25, -0.2) is 0 Å². The van der Waals surface area contributed by atoms with Crippen molar-refractivity contribution in [3.63, 3.8) is 0 Å². The Morgan fingerprint density at radius 3 is 2.76 bits per heavy atom. The maximum absolute atomic E-state index is 7.50. The third kappa shape index (κ3) is 7.22. The average Bonchev–Trinajstić information content (AvgIpc) is 3.28. The van der Waals surface area contributed by atoms with Gasteiger partial charge in [-0.05, 0) is 50.0 Å². The van der Waals surface area contributed by atoms with Gasteiger partial charge < -0.3 is 25.6 Å². The second-order valence-electron chi connectivity index (χ2n) is 7.53. The van der Waals surface area contributed by atoms with Crippen LogP contribution in [0.4, 0.5) is 17.4 Å². The number of ether oxygens (including phenoxy) is 1. The van der Waals surface area contributed by atoms with Gasteiger partial charge in [0.1, 0.15) is 5.76 Å². The van der Waals surface area contributed by atoms with E-state index >= 15 is 0 Å². The van der Waals surface area contributed by atoms with Crippen molar-refractivity contribution in [2.75, 3.05) is 11.1 Å². The zero-order valence-corrected chi connectivity index (χ0v) is 20.8. The van der Waals surface area contributed by atoms with Crippen LogP contribution in [-0.2, 0) is 4.74 Å². The van der Waals surface area contributed by atoms with Gasteiger partial charge in [0.2, 0.25) is 5.89 Å². The zero-order valence-electron chi connectivity index (χ0n) is 20.1. The van der Waals surface area contributed by atoms with Crippen LogP contribution >= 0.6 is 11.6 Å². The predicted octanol–water partition coefficient (Wildman–Crippen LogP) is 7.43. The van der Waals surface area contributed by atoms with E-state index in [1.54, 1.807) is 18.4 Å². The fourth-order valence-corrected chi connectivity index (χ4v) is 3.09. The van der Waals surface area contributed by atoms with Crippen LogP contribution in [0.5, 0.6) is 0 Å². The molecule has 4 N–H and O–H groups in total. The highest BCUT2D eigenvalue weighted by molar-refractivity contribution is 6.36. The first-order chi connectivity index (χ1) is 16.3. The normalized spacial score (nSPS) is 13.4. The molecule has 0 spiro atoms. The second kappa shape index (κ2) is 13.2. The van der Waals surface area contributed by atoms with Gasteiger partial charge in [0.15, 0.2) is 0 Å². The number of allylic oxidation sites excluding steroid dienone is 6. The highest BCUT2D eigenvalue weighted by atomic mass is 35.5. The van der Waals surface area contributed by atoms with E-state index < -0.39 is 0 Å². The number of aromatic nitrogens is 2. The molecule has 34 heavy (non-hydrogen) atoms.